The monoisotopic (exact) mass is 268 g/mol. The fourth-order valence-corrected chi connectivity index (χ4v) is 3.90. The number of hydrogen-bond acceptors (Lipinski definition) is 3. The van der Waals surface area contributed by atoms with E-state index in [1.807, 2.05) is 0 Å². The molecular formula is C16H32N2O. The predicted octanol–water partition coefficient (Wildman–Crippen LogP) is 2.64. The van der Waals surface area contributed by atoms with Gasteiger partial charge in [0.1, 0.15) is 0 Å². The van der Waals surface area contributed by atoms with E-state index in [-0.39, 0.29) is 0 Å². The van der Waals surface area contributed by atoms with Gasteiger partial charge in [0, 0.05) is 25.2 Å². The molecule has 1 aliphatic carbocycles. The summed E-state index contributed by atoms with van der Waals surface area (Å²) in [5.41, 5.74) is 6.15. The van der Waals surface area contributed by atoms with Crippen LogP contribution in [0.1, 0.15) is 52.9 Å². The summed E-state index contributed by atoms with van der Waals surface area (Å²) in [5.74, 6) is 1.72. The molecule has 112 valence electrons. The van der Waals surface area contributed by atoms with E-state index < -0.39 is 0 Å². The molecule has 0 spiro atoms. The van der Waals surface area contributed by atoms with Crippen LogP contribution in [0.5, 0.6) is 0 Å². The lowest BCUT2D eigenvalue weighted by molar-refractivity contribution is -0.0828. The Labute approximate surface area is 118 Å². The van der Waals surface area contributed by atoms with Crippen LogP contribution in [0.25, 0.3) is 0 Å². The third-order valence-corrected chi connectivity index (χ3v) is 5.25. The van der Waals surface area contributed by atoms with Crippen LogP contribution in [-0.2, 0) is 4.74 Å². The average molecular weight is 268 g/mol. The summed E-state index contributed by atoms with van der Waals surface area (Å²) in [7, 11) is 0. The van der Waals surface area contributed by atoms with Crippen LogP contribution in [0.4, 0.5) is 0 Å². The lowest BCUT2D eigenvalue weighted by Crippen LogP contribution is -2.57. The minimum Gasteiger partial charge on any atom is -0.376 e. The van der Waals surface area contributed by atoms with Crippen molar-refractivity contribution in [1.82, 2.24) is 4.90 Å². The molecular weight excluding hydrogens is 236 g/mol. The second-order valence-electron chi connectivity index (χ2n) is 6.73. The van der Waals surface area contributed by atoms with Gasteiger partial charge in [-0.05, 0) is 38.0 Å². The first-order chi connectivity index (χ1) is 9.15. The zero-order valence-electron chi connectivity index (χ0n) is 13.0. The van der Waals surface area contributed by atoms with E-state index in [1.54, 1.807) is 0 Å². The smallest absolute Gasteiger partial charge is 0.0674 e. The molecule has 1 saturated heterocycles. The van der Waals surface area contributed by atoms with Gasteiger partial charge in [-0.3, -0.25) is 4.90 Å². The fourth-order valence-electron chi connectivity index (χ4n) is 3.90. The number of morpholine rings is 1. The lowest BCUT2D eigenvalue weighted by Gasteiger charge is -2.46. The van der Waals surface area contributed by atoms with Crippen molar-refractivity contribution in [3.63, 3.8) is 0 Å². The van der Waals surface area contributed by atoms with Crippen LogP contribution in [0.3, 0.4) is 0 Å². The van der Waals surface area contributed by atoms with Gasteiger partial charge in [0.05, 0.1) is 12.7 Å². The molecule has 0 aromatic carbocycles. The Balaban J connectivity index is 2.01. The summed E-state index contributed by atoms with van der Waals surface area (Å²) in [4.78, 5) is 2.68. The Hall–Kier alpha value is -0.120. The minimum absolute atomic E-state index is 0.361. The maximum absolute atomic E-state index is 6.15. The van der Waals surface area contributed by atoms with Gasteiger partial charge in [0.2, 0.25) is 0 Å². The molecule has 2 rings (SSSR count). The SMILES string of the molecule is CCC1COC(C)CN1C(CN)C1CCC(C)CC1. The summed E-state index contributed by atoms with van der Waals surface area (Å²) in [6.45, 7) is 9.61. The molecule has 1 aliphatic heterocycles. The topological polar surface area (TPSA) is 38.5 Å². The minimum atomic E-state index is 0.361. The van der Waals surface area contributed by atoms with E-state index in [0.717, 1.165) is 31.5 Å². The van der Waals surface area contributed by atoms with Crippen molar-refractivity contribution in [3.8, 4) is 0 Å². The highest BCUT2D eigenvalue weighted by atomic mass is 16.5. The van der Waals surface area contributed by atoms with Crippen LogP contribution in [0.2, 0.25) is 0 Å². The highest BCUT2D eigenvalue weighted by molar-refractivity contribution is 4.89. The summed E-state index contributed by atoms with van der Waals surface area (Å²) in [6, 6.07) is 1.15. The standard InChI is InChI=1S/C16H32N2O/c1-4-15-11-19-13(3)10-18(15)16(9-17)14-7-5-12(2)6-8-14/h12-16H,4-11,17H2,1-3H3. The summed E-state index contributed by atoms with van der Waals surface area (Å²) in [6.07, 6.45) is 7.04. The zero-order chi connectivity index (χ0) is 13.8. The molecule has 1 saturated carbocycles. The molecule has 1 heterocycles. The Morgan fingerprint density at radius 2 is 1.89 bits per heavy atom. The predicted molar refractivity (Wildman–Crippen MR) is 80.2 cm³/mol. The number of ether oxygens (including phenoxy) is 1. The van der Waals surface area contributed by atoms with Gasteiger partial charge in [-0.1, -0.05) is 26.7 Å². The molecule has 0 aromatic heterocycles. The molecule has 3 unspecified atom stereocenters. The first kappa shape index (κ1) is 15.3. The van der Waals surface area contributed by atoms with Gasteiger partial charge < -0.3 is 10.5 Å². The van der Waals surface area contributed by atoms with E-state index in [4.69, 9.17) is 10.5 Å². The first-order valence-corrected chi connectivity index (χ1v) is 8.23. The molecule has 3 atom stereocenters. The number of nitrogens with two attached hydrogens (primary N) is 1. The third-order valence-electron chi connectivity index (χ3n) is 5.25. The Morgan fingerprint density at radius 1 is 1.21 bits per heavy atom. The molecule has 2 fully saturated rings. The van der Waals surface area contributed by atoms with Crippen LogP contribution < -0.4 is 5.73 Å². The highest BCUT2D eigenvalue weighted by Crippen LogP contribution is 2.33. The van der Waals surface area contributed by atoms with Gasteiger partial charge >= 0.3 is 0 Å². The fraction of sp³-hybridized carbons (Fsp3) is 1.00. The summed E-state index contributed by atoms with van der Waals surface area (Å²) in [5, 5.41) is 0. The average Bonchev–Trinajstić information content (AvgIpc) is 2.42. The van der Waals surface area contributed by atoms with Gasteiger partial charge in [-0.25, -0.2) is 0 Å². The van der Waals surface area contributed by atoms with Gasteiger partial charge in [-0.15, -0.1) is 0 Å². The molecule has 19 heavy (non-hydrogen) atoms. The molecule has 3 heteroatoms. The van der Waals surface area contributed by atoms with E-state index in [0.29, 0.717) is 18.2 Å². The van der Waals surface area contributed by atoms with Gasteiger partial charge in [0.15, 0.2) is 0 Å². The molecule has 0 bridgehead atoms. The van der Waals surface area contributed by atoms with Crippen molar-refractivity contribution in [1.29, 1.82) is 0 Å². The van der Waals surface area contributed by atoms with Crippen LogP contribution in [-0.4, -0.2) is 42.8 Å². The number of nitrogens with zero attached hydrogens (tertiary/aromatic N) is 1. The van der Waals surface area contributed by atoms with Crippen LogP contribution >= 0.6 is 0 Å². The maximum Gasteiger partial charge on any atom is 0.0674 e. The molecule has 2 aliphatic rings. The van der Waals surface area contributed by atoms with Crippen molar-refractivity contribution in [2.75, 3.05) is 19.7 Å². The lowest BCUT2D eigenvalue weighted by atomic mass is 9.78. The second-order valence-corrected chi connectivity index (χ2v) is 6.73. The normalized spacial score (nSPS) is 39.2. The Bertz CT molecular complexity index is 263. The first-order valence-electron chi connectivity index (χ1n) is 8.23. The second kappa shape index (κ2) is 7.05. The van der Waals surface area contributed by atoms with Crippen molar-refractivity contribution < 1.29 is 4.74 Å². The molecule has 0 aromatic rings. The molecule has 0 radical (unpaired) electrons. The van der Waals surface area contributed by atoms with E-state index in [9.17, 15) is 0 Å². The van der Waals surface area contributed by atoms with E-state index >= 15 is 0 Å². The summed E-state index contributed by atoms with van der Waals surface area (Å²) < 4.78 is 5.83. The van der Waals surface area contributed by atoms with E-state index in [2.05, 4.69) is 25.7 Å². The Kier molecular flexibility index (Phi) is 5.67. The van der Waals surface area contributed by atoms with E-state index in [1.165, 1.54) is 32.1 Å². The largest absolute Gasteiger partial charge is 0.376 e. The maximum atomic E-state index is 6.15. The van der Waals surface area contributed by atoms with Crippen molar-refractivity contribution in [2.24, 2.45) is 17.6 Å². The quantitative estimate of drug-likeness (QED) is 0.852. The van der Waals surface area contributed by atoms with Crippen molar-refractivity contribution in [3.05, 3.63) is 0 Å². The molecule has 2 N–H and O–H groups in total. The van der Waals surface area contributed by atoms with Crippen molar-refractivity contribution in [2.45, 2.75) is 71.1 Å². The van der Waals surface area contributed by atoms with Crippen LogP contribution in [0.15, 0.2) is 0 Å². The summed E-state index contributed by atoms with van der Waals surface area (Å²) >= 11 is 0. The van der Waals surface area contributed by atoms with Crippen LogP contribution in [0, 0.1) is 11.8 Å². The molecule has 3 nitrogen and oxygen atoms in total. The Morgan fingerprint density at radius 3 is 2.47 bits per heavy atom. The van der Waals surface area contributed by atoms with Gasteiger partial charge in [-0.2, -0.15) is 0 Å². The third kappa shape index (κ3) is 3.71. The number of rotatable bonds is 4. The number of hydrogen-bond donors (Lipinski definition) is 1. The highest BCUT2D eigenvalue weighted by Gasteiger charge is 2.35. The van der Waals surface area contributed by atoms with Gasteiger partial charge in [0.25, 0.3) is 0 Å². The molecule has 0 amide bonds. The zero-order valence-corrected chi connectivity index (χ0v) is 13.0. The van der Waals surface area contributed by atoms with Crippen molar-refractivity contribution >= 4 is 0 Å².